The van der Waals surface area contributed by atoms with Crippen LogP contribution in [0.4, 0.5) is 10.6 Å². The Kier molecular flexibility index (Phi) is 9.28. The maximum Gasteiger partial charge on any atom is 0.407 e. The third kappa shape index (κ3) is 6.20. The summed E-state index contributed by atoms with van der Waals surface area (Å²) in [6.45, 7) is 7.32. The van der Waals surface area contributed by atoms with Crippen molar-refractivity contribution in [2.45, 2.75) is 55.6 Å². The average Bonchev–Trinajstić information content (AvgIpc) is 3.63. The number of alkyl carbamates (subject to hydrolysis) is 1. The van der Waals surface area contributed by atoms with Crippen LogP contribution in [-0.4, -0.2) is 52.6 Å². The number of nitrogens with zero attached hydrogens (tertiary/aromatic N) is 3. The van der Waals surface area contributed by atoms with Crippen molar-refractivity contribution in [1.82, 2.24) is 19.9 Å². The fraction of sp³-hybridized carbons (Fsp3) is 0.286. The summed E-state index contributed by atoms with van der Waals surface area (Å²) in [7, 11) is -2.85. The monoisotopic (exact) mass is 699 g/mol. The predicted molar refractivity (Wildman–Crippen MR) is 186 cm³/mol. The zero-order valence-electron chi connectivity index (χ0n) is 26.0. The molecule has 1 amide bonds. The number of fused-ring (bicyclic) bond motifs is 1. The van der Waals surface area contributed by atoms with Gasteiger partial charge in [-0.1, -0.05) is 128 Å². The summed E-state index contributed by atoms with van der Waals surface area (Å²) in [6.07, 6.45) is 0.827. The number of nitrogen functional groups attached to an aromatic ring is 1. The lowest BCUT2D eigenvalue weighted by atomic mass is 10.2. The number of ether oxygens (including phenoxy) is 2. The van der Waals surface area contributed by atoms with Gasteiger partial charge in [-0.05, 0) is 27.0 Å². The minimum absolute atomic E-state index is 0.214. The number of alkyl halides is 1. The smallest absolute Gasteiger partial charge is 0.407 e. The molecule has 11 heteroatoms. The summed E-state index contributed by atoms with van der Waals surface area (Å²) in [5.74, 6) is 0.363. The highest BCUT2D eigenvalue weighted by atomic mass is 79.9. The van der Waals surface area contributed by atoms with E-state index in [2.05, 4.69) is 101 Å². The number of benzene rings is 3. The van der Waals surface area contributed by atoms with Crippen molar-refractivity contribution in [3.8, 4) is 0 Å². The molecule has 0 aliphatic carbocycles. The highest BCUT2D eigenvalue weighted by Gasteiger charge is 2.53. The Morgan fingerprint density at radius 2 is 1.57 bits per heavy atom. The second-order valence-electron chi connectivity index (χ2n) is 12.4. The summed E-state index contributed by atoms with van der Waals surface area (Å²) in [6, 6.07) is 32.5. The van der Waals surface area contributed by atoms with Gasteiger partial charge >= 0.3 is 6.09 Å². The first-order valence-corrected chi connectivity index (χ1v) is 18.1. The van der Waals surface area contributed by atoms with E-state index in [1.807, 2.05) is 59.3 Å². The number of carbonyl (C=O) groups excluding carboxylic acids is 1. The minimum Gasteiger partial charge on any atom is -0.440 e. The van der Waals surface area contributed by atoms with E-state index in [9.17, 15) is 4.79 Å². The molecule has 3 aromatic carbocycles. The van der Waals surface area contributed by atoms with Crippen LogP contribution < -0.4 is 21.4 Å². The van der Waals surface area contributed by atoms with Gasteiger partial charge in [0.25, 0.3) is 8.32 Å². The molecular weight excluding hydrogens is 662 g/mol. The molecule has 0 radical (unpaired) electrons. The summed E-state index contributed by atoms with van der Waals surface area (Å²) < 4.78 is 21.9. The molecule has 1 aliphatic heterocycles. The van der Waals surface area contributed by atoms with E-state index < -0.39 is 37.7 Å². The van der Waals surface area contributed by atoms with E-state index in [0.29, 0.717) is 23.4 Å². The molecule has 3 heterocycles. The summed E-state index contributed by atoms with van der Waals surface area (Å²) in [5, 5.41) is 5.70. The topological polar surface area (TPSA) is 114 Å². The van der Waals surface area contributed by atoms with Crippen LogP contribution in [0, 0.1) is 0 Å². The largest absolute Gasteiger partial charge is 0.440 e. The van der Waals surface area contributed by atoms with Gasteiger partial charge < -0.3 is 29.5 Å². The van der Waals surface area contributed by atoms with Gasteiger partial charge in [-0.3, -0.25) is 0 Å². The van der Waals surface area contributed by atoms with Crippen LogP contribution in [0.3, 0.4) is 0 Å². The normalized spacial score (nSPS) is 20.1. The van der Waals surface area contributed by atoms with Crippen LogP contribution in [0.25, 0.3) is 11.0 Å². The molecular formula is C35H38BrN5O4Si. The van der Waals surface area contributed by atoms with Crippen molar-refractivity contribution < 1.29 is 18.7 Å². The van der Waals surface area contributed by atoms with Gasteiger partial charge in [0, 0.05) is 12.7 Å². The second kappa shape index (κ2) is 13.4. The molecule has 1 aliphatic rings. The van der Waals surface area contributed by atoms with Crippen LogP contribution in [0.1, 0.15) is 32.6 Å². The number of nitrogens with one attached hydrogen (secondary N) is 1. The zero-order chi connectivity index (χ0) is 32.3. The Morgan fingerprint density at radius 1 is 0.957 bits per heavy atom. The third-order valence-corrected chi connectivity index (χ3v) is 14.6. The third-order valence-electron chi connectivity index (χ3n) is 8.48. The molecule has 9 nitrogen and oxygen atoms in total. The molecule has 4 atom stereocenters. The van der Waals surface area contributed by atoms with E-state index in [1.54, 1.807) is 0 Å². The van der Waals surface area contributed by atoms with Crippen LogP contribution in [0.15, 0.2) is 110 Å². The highest BCUT2D eigenvalue weighted by molar-refractivity contribution is 9.09. The van der Waals surface area contributed by atoms with E-state index >= 15 is 0 Å². The molecule has 3 N–H and O–H groups in total. The first-order valence-electron chi connectivity index (χ1n) is 15.3. The molecule has 1 fully saturated rings. The fourth-order valence-corrected chi connectivity index (χ4v) is 11.5. The molecule has 1 saturated heterocycles. The number of hydrogen-bond acceptors (Lipinski definition) is 7. The molecule has 238 valence electrons. The average molecular weight is 701 g/mol. The first kappa shape index (κ1) is 31.9. The molecule has 0 saturated carbocycles. The molecule has 6 rings (SSSR count). The summed E-state index contributed by atoms with van der Waals surface area (Å²) in [4.78, 5) is 21.4. The summed E-state index contributed by atoms with van der Waals surface area (Å²) in [5.41, 5.74) is 7.71. The van der Waals surface area contributed by atoms with Gasteiger partial charge in [-0.2, -0.15) is 0 Å². The van der Waals surface area contributed by atoms with Gasteiger partial charge in [0.2, 0.25) is 0 Å². The molecule has 5 aromatic rings. The van der Waals surface area contributed by atoms with Crippen LogP contribution in [0.5, 0.6) is 0 Å². The van der Waals surface area contributed by atoms with Crippen molar-refractivity contribution in [1.29, 1.82) is 0 Å². The summed E-state index contributed by atoms with van der Waals surface area (Å²) >= 11 is 3.87. The number of aromatic nitrogens is 3. The fourth-order valence-electron chi connectivity index (χ4n) is 6.28. The van der Waals surface area contributed by atoms with Crippen LogP contribution in [-0.2, 0) is 20.4 Å². The number of halogens is 1. The van der Waals surface area contributed by atoms with Crippen molar-refractivity contribution >= 4 is 57.6 Å². The van der Waals surface area contributed by atoms with Crippen molar-refractivity contribution in [3.05, 3.63) is 115 Å². The van der Waals surface area contributed by atoms with Crippen molar-refractivity contribution in [2.75, 3.05) is 12.3 Å². The standard InChI is InChI=1S/C35H38BrN5O4Si/c1-35(2,3)46(25-15-9-5-10-16-25,26-17-11-6-12-18-26)43-22-28-29(36)30(45-34(42)38-21-24-13-7-4-8-14-24)33(44-28)41-20-19-27-31(37)39-23-40-32(27)41/h4-20,23,28-30,33H,21-22H2,1-3H3,(H,38,42)(H2,37,39,40)/t28-,29+,30-,33-/m1/s1. The number of anilines is 1. The maximum atomic E-state index is 13.2. The van der Waals surface area contributed by atoms with Crippen molar-refractivity contribution in [2.24, 2.45) is 0 Å². The van der Waals surface area contributed by atoms with Gasteiger partial charge in [-0.15, -0.1) is 0 Å². The van der Waals surface area contributed by atoms with E-state index in [0.717, 1.165) is 5.56 Å². The molecule has 2 aromatic heterocycles. The van der Waals surface area contributed by atoms with Gasteiger partial charge in [0.15, 0.2) is 12.3 Å². The maximum absolute atomic E-state index is 13.2. The number of hydrogen-bond donors (Lipinski definition) is 2. The number of carbonyl (C=O) groups is 1. The minimum atomic E-state index is -2.85. The zero-order valence-corrected chi connectivity index (χ0v) is 28.6. The highest BCUT2D eigenvalue weighted by Crippen LogP contribution is 2.41. The first-order chi connectivity index (χ1) is 22.2. The van der Waals surface area contributed by atoms with Crippen LogP contribution >= 0.6 is 15.9 Å². The van der Waals surface area contributed by atoms with Crippen LogP contribution in [0.2, 0.25) is 5.04 Å². The Hall–Kier alpha value is -4.03. The lowest BCUT2D eigenvalue weighted by Crippen LogP contribution is -2.67. The van der Waals surface area contributed by atoms with E-state index in [4.69, 9.17) is 19.6 Å². The SMILES string of the molecule is CC(C)(C)[Si](OC[C@H]1O[C@@H](n2ccc3c(N)ncnc32)[C@H](OC(=O)NCc2ccccc2)[C@H]1Br)(c1ccccc1)c1ccccc1. The van der Waals surface area contributed by atoms with Gasteiger partial charge in [-0.25, -0.2) is 14.8 Å². The lowest BCUT2D eigenvalue weighted by Gasteiger charge is -2.43. The van der Waals surface area contributed by atoms with Gasteiger partial charge in [0.05, 0.1) is 22.9 Å². The molecule has 0 spiro atoms. The molecule has 0 unspecified atom stereocenters. The Labute approximate surface area is 278 Å². The molecule has 0 bridgehead atoms. The Bertz CT molecular complexity index is 1730. The number of nitrogens with two attached hydrogens (primary N) is 1. The quantitative estimate of drug-likeness (QED) is 0.153. The molecule has 46 heavy (non-hydrogen) atoms. The van der Waals surface area contributed by atoms with E-state index in [-0.39, 0.29) is 11.6 Å². The predicted octanol–water partition coefficient (Wildman–Crippen LogP) is 5.55. The number of amides is 1. The van der Waals surface area contributed by atoms with Crippen molar-refractivity contribution in [3.63, 3.8) is 0 Å². The Morgan fingerprint density at radius 3 is 2.17 bits per heavy atom. The lowest BCUT2D eigenvalue weighted by molar-refractivity contribution is -0.0497. The van der Waals surface area contributed by atoms with Gasteiger partial charge in [0.1, 0.15) is 17.8 Å². The second-order valence-corrected chi connectivity index (χ2v) is 17.8. The van der Waals surface area contributed by atoms with E-state index in [1.165, 1.54) is 16.7 Å². The Balaban J connectivity index is 1.32. The number of rotatable bonds is 9.